The summed E-state index contributed by atoms with van der Waals surface area (Å²) in [6.45, 7) is 6.80. The Labute approximate surface area is 135 Å². The van der Waals surface area contributed by atoms with Crippen LogP contribution >= 0.6 is 27.3 Å². The van der Waals surface area contributed by atoms with Gasteiger partial charge < -0.3 is 15.1 Å². The zero-order valence-corrected chi connectivity index (χ0v) is 15.1. The van der Waals surface area contributed by atoms with Crippen molar-refractivity contribution in [1.82, 2.24) is 15.1 Å². The van der Waals surface area contributed by atoms with E-state index in [4.69, 9.17) is 0 Å². The Morgan fingerprint density at radius 3 is 2.90 bits per heavy atom. The average Bonchev–Trinajstić information content (AvgIpc) is 2.72. The van der Waals surface area contributed by atoms with Gasteiger partial charge in [-0.05, 0) is 68.6 Å². The lowest BCUT2D eigenvalue weighted by atomic mass is 10.0. The zero-order valence-electron chi connectivity index (χ0n) is 12.7. The number of thiophene rings is 1. The fraction of sp³-hybridized carbons (Fsp3) is 0.733. The fourth-order valence-corrected chi connectivity index (χ4v) is 4.54. The van der Waals surface area contributed by atoms with Crippen LogP contribution in [0.1, 0.15) is 18.2 Å². The van der Waals surface area contributed by atoms with E-state index in [2.05, 4.69) is 63.5 Å². The summed E-state index contributed by atoms with van der Waals surface area (Å²) in [4.78, 5) is 6.48. The second kappa shape index (κ2) is 7.90. The van der Waals surface area contributed by atoms with Gasteiger partial charge in [-0.1, -0.05) is 6.92 Å². The van der Waals surface area contributed by atoms with Gasteiger partial charge in [-0.2, -0.15) is 0 Å². The van der Waals surface area contributed by atoms with E-state index in [-0.39, 0.29) is 0 Å². The average molecular weight is 360 g/mol. The maximum absolute atomic E-state index is 3.71. The molecule has 1 saturated heterocycles. The van der Waals surface area contributed by atoms with Crippen LogP contribution in [0.3, 0.4) is 0 Å². The Kier molecular flexibility index (Phi) is 6.49. The quantitative estimate of drug-likeness (QED) is 0.871. The number of nitrogens with one attached hydrogen (secondary N) is 1. The molecule has 1 fully saturated rings. The minimum Gasteiger partial charge on any atom is -0.312 e. The van der Waals surface area contributed by atoms with Gasteiger partial charge >= 0.3 is 0 Å². The molecule has 20 heavy (non-hydrogen) atoms. The van der Waals surface area contributed by atoms with Gasteiger partial charge in [0.2, 0.25) is 0 Å². The molecule has 0 radical (unpaired) electrons. The number of halogens is 1. The van der Waals surface area contributed by atoms with Crippen molar-refractivity contribution < 1.29 is 0 Å². The summed E-state index contributed by atoms with van der Waals surface area (Å²) < 4.78 is 1.21. The van der Waals surface area contributed by atoms with Crippen LogP contribution in [0.5, 0.6) is 0 Å². The SMILES string of the molecule is CCNC(Cc1cc(Br)cs1)C1CN(C)CCCN1C. The van der Waals surface area contributed by atoms with Crippen molar-refractivity contribution in [1.29, 1.82) is 0 Å². The summed E-state index contributed by atoms with van der Waals surface area (Å²) >= 11 is 5.42. The molecular weight excluding hydrogens is 334 g/mol. The predicted molar refractivity (Wildman–Crippen MR) is 91.7 cm³/mol. The summed E-state index contributed by atoms with van der Waals surface area (Å²) in [5.41, 5.74) is 0. The highest BCUT2D eigenvalue weighted by atomic mass is 79.9. The van der Waals surface area contributed by atoms with E-state index in [1.54, 1.807) is 0 Å². The second-order valence-electron chi connectivity index (χ2n) is 5.76. The van der Waals surface area contributed by atoms with Crippen LogP contribution in [0.25, 0.3) is 0 Å². The van der Waals surface area contributed by atoms with E-state index in [9.17, 15) is 0 Å². The van der Waals surface area contributed by atoms with E-state index in [0.29, 0.717) is 12.1 Å². The fourth-order valence-electron chi connectivity index (χ4n) is 3.02. The molecule has 2 heterocycles. The van der Waals surface area contributed by atoms with Crippen molar-refractivity contribution in [3.63, 3.8) is 0 Å². The Bertz CT molecular complexity index is 410. The molecule has 0 aliphatic carbocycles. The molecule has 2 rings (SSSR count). The molecule has 114 valence electrons. The molecule has 0 spiro atoms. The Hall–Kier alpha value is 0.0600. The highest BCUT2D eigenvalue weighted by Crippen LogP contribution is 2.23. The molecular formula is C15H26BrN3S. The van der Waals surface area contributed by atoms with Gasteiger partial charge in [0.05, 0.1) is 0 Å². The molecule has 1 aromatic rings. The third-order valence-corrected chi connectivity index (χ3v) is 5.81. The van der Waals surface area contributed by atoms with Gasteiger partial charge in [0.1, 0.15) is 0 Å². The van der Waals surface area contributed by atoms with Crippen LogP contribution in [0.2, 0.25) is 0 Å². The van der Waals surface area contributed by atoms with Crippen LogP contribution in [0.4, 0.5) is 0 Å². The summed E-state index contributed by atoms with van der Waals surface area (Å²) in [7, 11) is 4.52. The molecule has 1 aliphatic heterocycles. The topological polar surface area (TPSA) is 18.5 Å². The first kappa shape index (κ1) is 16.4. The van der Waals surface area contributed by atoms with Crippen molar-refractivity contribution in [2.45, 2.75) is 31.8 Å². The first-order chi connectivity index (χ1) is 9.60. The van der Waals surface area contributed by atoms with Crippen molar-refractivity contribution in [2.24, 2.45) is 0 Å². The van der Waals surface area contributed by atoms with Crippen molar-refractivity contribution in [3.8, 4) is 0 Å². The number of likely N-dealkylation sites (N-methyl/N-ethyl adjacent to an activating group) is 3. The van der Waals surface area contributed by atoms with Gasteiger partial charge in [0, 0.05) is 33.4 Å². The largest absolute Gasteiger partial charge is 0.312 e. The van der Waals surface area contributed by atoms with Crippen LogP contribution < -0.4 is 5.32 Å². The molecule has 2 unspecified atom stereocenters. The van der Waals surface area contributed by atoms with Crippen LogP contribution in [-0.4, -0.2) is 62.2 Å². The van der Waals surface area contributed by atoms with E-state index >= 15 is 0 Å². The third kappa shape index (κ3) is 4.53. The molecule has 3 nitrogen and oxygen atoms in total. The second-order valence-corrected chi connectivity index (χ2v) is 7.67. The minimum atomic E-state index is 0.524. The number of hydrogen-bond donors (Lipinski definition) is 1. The highest BCUT2D eigenvalue weighted by Gasteiger charge is 2.28. The predicted octanol–water partition coefficient (Wildman–Crippen LogP) is 2.67. The van der Waals surface area contributed by atoms with Crippen molar-refractivity contribution in [2.75, 3.05) is 40.3 Å². The Morgan fingerprint density at radius 1 is 1.45 bits per heavy atom. The Balaban J connectivity index is 2.08. The number of rotatable bonds is 5. The third-order valence-electron chi connectivity index (χ3n) is 4.09. The number of hydrogen-bond acceptors (Lipinski definition) is 4. The van der Waals surface area contributed by atoms with Gasteiger partial charge in [-0.25, -0.2) is 0 Å². The molecule has 1 aliphatic rings. The van der Waals surface area contributed by atoms with Crippen LogP contribution in [0.15, 0.2) is 15.9 Å². The van der Waals surface area contributed by atoms with Crippen molar-refractivity contribution >= 4 is 27.3 Å². The summed E-state index contributed by atoms with van der Waals surface area (Å²) in [5.74, 6) is 0. The minimum absolute atomic E-state index is 0.524. The van der Waals surface area contributed by atoms with E-state index in [1.807, 2.05) is 11.3 Å². The van der Waals surface area contributed by atoms with E-state index < -0.39 is 0 Å². The normalized spacial score (nSPS) is 23.7. The lowest BCUT2D eigenvalue weighted by Gasteiger charge is -2.35. The maximum Gasteiger partial charge on any atom is 0.0376 e. The van der Waals surface area contributed by atoms with E-state index in [0.717, 1.165) is 19.5 Å². The summed E-state index contributed by atoms with van der Waals surface area (Å²) in [5, 5.41) is 5.89. The molecule has 1 aromatic heterocycles. The van der Waals surface area contributed by atoms with Gasteiger partial charge in [-0.15, -0.1) is 11.3 Å². The maximum atomic E-state index is 3.71. The lowest BCUT2D eigenvalue weighted by Crippen LogP contribution is -2.53. The molecule has 5 heteroatoms. The monoisotopic (exact) mass is 359 g/mol. The van der Waals surface area contributed by atoms with Crippen LogP contribution in [0, 0.1) is 0 Å². The smallest absolute Gasteiger partial charge is 0.0376 e. The molecule has 2 atom stereocenters. The summed E-state index contributed by atoms with van der Waals surface area (Å²) in [6.07, 6.45) is 2.39. The van der Waals surface area contributed by atoms with Gasteiger partial charge in [-0.3, -0.25) is 0 Å². The molecule has 1 N–H and O–H groups in total. The zero-order chi connectivity index (χ0) is 14.5. The molecule has 0 saturated carbocycles. The molecule has 0 aromatic carbocycles. The van der Waals surface area contributed by atoms with Gasteiger partial charge in [0.15, 0.2) is 0 Å². The molecule has 0 bridgehead atoms. The lowest BCUT2D eigenvalue weighted by molar-refractivity contribution is 0.178. The van der Waals surface area contributed by atoms with E-state index in [1.165, 1.54) is 28.9 Å². The van der Waals surface area contributed by atoms with Crippen molar-refractivity contribution in [3.05, 3.63) is 20.8 Å². The standard InChI is InChI=1S/C15H26BrN3S/c1-4-17-14(9-13-8-12(16)11-20-13)15-10-18(2)6-5-7-19(15)3/h8,11,14-15,17H,4-7,9-10H2,1-3H3. The summed E-state index contributed by atoms with van der Waals surface area (Å²) in [6, 6.07) is 3.37. The molecule has 0 amide bonds. The Morgan fingerprint density at radius 2 is 2.25 bits per heavy atom. The van der Waals surface area contributed by atoms with Gasteiger partial charge in [0.25, 0.3) is 0 Å². The number of nitrogens with zero attached hydrogens (tertiary/aromatic N) is 2. The van der Waals surface area contributed by atoms with Crippen LogP contribution in [-0.2, 0) is 6.42 Å². The first-order valence-electron chi connectivity index (χ1n) is 7.45. The first-order valence-corrected chi connectivity index (χ1v) is 9.12. The highest BCUT2D eigenvalue weighted by molar-refractivity contribution is 9.10.